The Morgan fingerprint density at radius 3 is 1.44 bits per heavy atom. The Morgan fingerprint density at radius 1 is 0.944 bits per heavy atom. The molecule has 1 rings (SSSR count). The summed E-state index contributed by atoms with van der Waals surface area (Å²) in [6.07, 6.45) is -0.286. The Kier molecular flexibility index (Phi) is 4.80. The number of amides is 2. The Balaban J connectivity index is 2.95. The van der Waals surface area contributed by atoms with Crippen molar-refractivity contribution in [1.29, 1.82) is 0 Å². The van der Waals surface area contributed by atoms with Gasteiger partial charge in [0.2, 0.25) is 11.8 Å². The van der Waals surface area contributed by atoms with Gasteiger partial charge in [-0.25, -0.2) is 0 Å². The van der Waals surface area contributed by atoms with Crippen LogP contribution < -0.4 is 0 Å². The van der Waals surface area contributed by atoms with Crippen molar-refractivity contribution in [2.24, 2.45) is 0 Å². The molecule has 0 radical (unpaired) electrons. The van der Waals surface area contributed by atoms with Gasteiger partial charge in [0, 0.05) is 26.9 Å². The minimum absolute atomic E-state index is 0.143. The molecular formula is C10H14N2O4S2. The zero-order valence-electron chi connectivity index (χ0n) is 9.99. The van der Waals surface area contributed by atoms with Crippen LogP contribution in [0.5, 0.6) is 0 Å². The number of carbonyl (C=O) groups excluding carboxylic acids is 4. The number of rotatable bonds is 4. The van der Waals surface area contributed by atoms with Crippen LogP contribution in [0.1, 0.15) is 12.8 Å². The van der Waals surface area contributed by atoms with Gasteiger partial charge in [0.15, 0.2) is 10.2 Å². The van der Waals surface area contributed by atoms with Crippen LogP contribution in [-0.4, -0.2) is 58.0 Å². The van der Waals surface area contributed by atoms with Gasteiger partial charge in [-0.3, -0.25) is 19.2 Å². The van der Waals surface area contributed by atoms with Crippen molar-refractivity contribution in [2.45, 2.75) is 24.9 Å². The van der Waals surface area contributed by atoms with Crippen molar-refractivity contribution >= 4 is 47.3 Å². The summed E-state index contributed by atoms with van der Waals surface area (Å²) in [6.45, 7) is 0. The molecule has 2 unspecified atom stereocenters. The second-order valence-electron chi connectivity index (χ2n) is 4.13. The van der Waals surface area contributed by atoms with E-state index in [4.69, 9.17) is 0 Å². The minimum atomic E-state index is -0.848. The summed E-state index contributed by atoms with van der Waals surface area (Å²) >= 11 is 7.23. The first-order valence-electron chi connectivity index (χ1n) is 5.22. The van der Waals surface area contributed by atoms with Crippen LogP contribution in [0, 0.1) is 0 Å². The minimum Gasteiger partial charge on any atom is -0.331 e. The molecular weight excluding hydrogens is 276 g/mol. The van der Waals surface area contributed by atoms with Gasteiger partial charge in [-0.1, -0.05) is 0 Å². The second kappa shape index (κ2) is 5.75. The lowest BCUT2D eigenvalue weighted by Crippen LogP contribution is -2.62. The van der Waals surface area contributed by atoms with Gasteiger partial charge in [0.05, 0.1) is 0 Å². The van der Waals surface area contributed by atoms with Gasteiger partial charge in [-0.2, -0.15) is 0 Å². The van der Waals surface area contributed by atoms with Crippen LogP contribution in [0.3, 0.4) is 0 Å². The fraction of sp³-hybridized carbons (Fsp3) is 0.600. The molecule has 0 bridgehead atoms. The lowest BCUT2D eigenvalue weighted by molar-refractivity contribution is -0.159. The van der Waals surface area contributed by atoms with Gasteiger partial charge in [0.25, 0.3) is 0 Å². The molecule has 1 aliphatic rings. The molecule has 1 saturated heterocycles. The molecule has 2 atom stereocenters. The van der Waals surface area contributed by atoms with Gasteiger partial charge in [-0.05, 0) is 0 Å². The summed E-state index contributed by atoms with van der Waals surface area (Å²) < 4.78 is 0. The summed E-state index contributed by atoms with van der Waals surface area (Å²) in [6, 6.07) is -1.70. The molecule has 8 heteroatoms. The first-order chi connectivity index (χ1) is 8.25. The van der Waals surface area contributed by atoms with E-state index in [2.05, 4.69) is 25.3 Å². The predicted molar refractivity (Wildman–Crippen MR) is 70.3 cm³/mol. The quantitative estimate of drug-likeness (QED) is 0.675. The number of thiol groups is 2. The number of hydrogen-bond acceptors (Lipinski definition) is 4. The van der Waals surface area contributed by atoms with E-state index < -0.39 is 22.3 Å². The molecule has 0 aliphatic carbocycles. The SMILES string of the molecule is CN1C(=O)C(CC(=O)S)N(C)C(=O)C1CC(=O)S. The zero-order valence-corrected chi connectivity index (χ0v) is 11.8. The van der Waals surface area contributed by atoms with Crippen LogP contribution in [0.25, 0.3) is 0 Å². The van der Waals surface area contributed by atoms with E-state index >= 15 is 0 Å². The molecule has 1 aliphatic heterocycles. The number of likely N-dealkylation sites (N-methyl/N-ethyl adjacent to an activating group) is 2. The van der Waals surface area contributed by atoms with Crippen molar-refractivity contribution in [3.63, 3.8) is 0 Å². The third kappa shape index (κ3) is 3.05. The van der Waals surface area contributed by atoms with Crippen molar-refractivity contribution < 1.29 is 19.2 Å². The zero-order chi connectivity index (χ0) is 14.0. The average Bonchev–Trinajstić information content (AvgIpc) is 2.27. The highest BCUT2D eigenvalue weighted by Gasteiger charge is 2.43. The van der Waals surface area contributed by atoms with Crippen LogP contribution in [0.4, 0.5) is 0 Å². The summed E-state index contributed by atoms with van der Waals surface area (Å²) in [7, 11) is 2.87. The summed E-state index contributed by atoms with van der Waals surface area (Å²) in [5, 5.41) is -0.935. The molecule has 18 heavy (non-hydrogen) atoms. The third-order valence-electron chi connectivity index (χ3n) is 2.94. The van der Waals surface area contributed by atoms with E-state index in [1.54, 1.807) is 0 Å². The number of piperazine rings is 1. The van der Waals surface area contributed by atoms with E-state index in [9.17, 15) is 19.2 Å². The highest BCUT2D eigenvalue weighted by molar-refractivity contribution is 7.96. The van der Waals surface area contributed by atoms with Crippen LogP contribution in [0.15, 0.2) is 0 Å². The van der Waals surface area contributed by atoms with Gasteiger partial charge < -0.3 is 9.80 Å². The van der Waals surface area contributed by atoms with E-state index in [-0.39, 0.29) is 24.7 Å². The fourth-order valence-corrected chi connectivity index (χ4v) is 2.23. The Morgan fingerprint density at radius 2 is 1.22 bits per heavy atom. The fourth-order valence-electron chi connectivity index (χ4n) is 1.89. The van der Waals surface area contributed by atoms with Crippen LogP contribution >= 0.6 is 25.3 Å². The summed E-state index contributed by atoms with van der Waals surface area (Å²) in [5.74, 6) is -0.752. The molecule has 0 N–H and O–H groups in total. The maximum atomic E-state index is 12.0. The first kappa shape index (κ1) is 15.0. The number of carbonyl (C=O) groups is 4. The van der Waals surface area contributed by atoms with Gasteiger partial charge in [0.1, 0.15) is 12.1 Å². The van der Waals surface area contributed by atoms with E-state index in [0.29, 0.717) is 0 Å². The predicted octanol–water partition coefficient (Wildman–Crippen LogP) is -0.653. The second-order valence-corrected chi connectivity index (χ2v) is 5.12. The topological polar surface area (TPSA) is 74.8 Å². The van der Waals surface area contributed by atoms with Crippen LogP contribution in [-0.2, 0) is 19.2 Å². The number of nitrogens with zero attached hydrogens (tertiary/aromatic N) is 2. The smallest absolute Gasteiger partial charge is 0.246 e. The highest BCUT2D eigenvalue weighted by Crippen LogP contribution is 2.21. The summed E-state index contributed by atoms with van der Waals surface area (Å²) in [5.41, 5.74) is 0. The average molecular weight is 290 g/mol. The molecule has 2 amide bonds. The van der Waals surface area contributed by atoms with Crippen molar-refractivity contribution in [2.75, 3.05) is 14.1 Å². The Hall–Kier alpha value is -1.02. The lowest BCUT2D eigenvalue weighted by atomic mass is 10.0. The van der Waals surface area contributed by atoms with E-state index in [1.807, 2.05) is 0 Å². The molecule has 0 aromatic rings. The number of hydrogen-bond donors (Lipinski definition) is 2. The standard InChI is InChI=1S/C10H14N2O4S2/c1-11-5(3-7(13)17)10(16)12(2)6(9(11)15)4-8(14)18/h5-6H,3-4H2,1-2H3,(H,13,17)(H,14,18). The van der Waals surface area contributed by atoms with Gasteiger partial charge >= 0.3 is 0 Å². The summed E-state index contributed by atoms with van der Waals surface area (Å²) in [4.78, 5) is 48.4. The molecule has 0 aromatic carbocycles. The van der Waals surface area contributed by atoms with Crippen molar-refractivity contribution in [3.05, 3.63) is 0 Å². The normalized spacial score (nSPS) is 24.4. The third-order valence-corrected chi connectivity index (χ3v) is 3.30. The molecule has 0 saturated carbocycles. The molecule has 1 fully saturated rings. The maximum absolute atomic E-state index is 12.0. The molecule has 0 aromatic heterocycles. The van der Waals surface area contributed by atoms with E-state index in [0.717, 1.165) is 0 Å². The molecule has 0 spiro atoms. The first-order valence-corrected chi connectivity index (χ1v) is 6.12. The Labute approximate surface area is 115 Å². The van der Waals surface area contributed by atoms with Crippen LogP contribution in [0.2, 0.25) is 0 Å². The van der Waals surface area contributed by atoms with Crippen molar-refractivity contribution in [1.82, 2.24) is 9.80 Å². The molecule has 6 nitrogen and oxygen atoms in total. The van der Waals surface area contributed by atoms with Gasteiger partial charge in [-0.15, -0.1) is 25.3 Å². The van der Waals surface area contributed by atoms with Crippen molar-refractivity contribution in [3.8, 4) is 0 Å². The molecule has 1 heterocycles. The highest BCUT2D eigenvalue weighted by atomic mass is 32.1. The lowest BCUT2D eigenvalue weighted by Gasteiger charge is -2.41. The largest absolute Gasteiger partial charge is 0.331 e. The molecule has 100 valence electrons. The van der Waals surface area contributed by atoms with E-state index in [1.165, 1.54) is 23.9 Å². The Bertz CT molecular complexity index is 375. The monoisotopic (exact) mass is 290 g/mol. The maximum Gasteiger partial charge on any atom is 0.246 e.